The first-order chi connectivity index (χ1) is 14.2. The van der Waals surface area contributed by atoms with Crippen molar-refractivity contribution in [3.8, 4) is 23.0 Å². The minimum Gasteiger partial charge on any atom is -0.497 e. The summed E-state index contributed by atoms with van der Waals surface area (Å²) in [5.41, 5.74) is 2.83. The lowest BCUT2D eigenvalue weighted by Gasteiger charge is -2.13. The van der Waals surface area contributed by atoms with Gasteiger partial charge < -0.3 is 24.5 Å². The van der Waals surface area contributed by atoms with Crippen molar-refractivity contribution in [2.45, 2.75) is 13.0 Å². The fourth-order valence-corrected chi connectivity index (χ4v) is 2.89. The number of hydrogen-bond donors (Lipinski definition) is 2. The molecule has 7 nitrogen and oxygen atoms in total. The first-order valence-corrected chi connectivity index (χ1v) is 9.38. The molecular formula is C22H26N4O3. The number of nitrogens with zero attached hydrogens (tertiary/aromatic N) is 2. The van der Waals surface area contributed by atoms with Crippen molar-refractivity contribution in [2.24, 2.45) is 4.99 Å². The molecule has 0 aliphatic rings. The van der Waals surface area contributed by atoms with E-state index in [-0.39, 0.29) is 0 Å². The van der Waals surface area contributed by atoms with E-state index in [4.69, 9.17) is 13.9 Å². The number of oxazole rings is 1. The van der Waals surface area contributed by atoms with Crippen molar-refractivity contribution >= 4 is 5.96 Å². The Bertz CT molecular complexity index is 938. The molecule has 0 saturated carbocycles. The van der Waals surface area contributed by atoms with Crippen LogP contribution in [0.25, 0.3) is 11.5 Å². The van der Waals surface area contributed by atoms with Gasteiger partial charge in [0.05, 0.1) is 26.5 Å². The molecule has 3 rings (SSSR count). The second-order valence-electron chi connectivity index (χ2n) is 6.29. The third-order valence-corrected chi connectivity index (χ3v) is 4.41. The summed E-state index contributed by atoms with van der Waals surface area (Å²) < 4.78 is 16.3. The lowest BCUT2D eigenvalue weighted by atomic mass is 10.1. The van der Waals surface area contributed by atoms with E-state index in [9.17, 15) is 0 Å². The number of guanidine groups is 1. The summed E-state index contributed by atoms with van der Waals surface area (Å²) in [5.74, 6) is 2.95. The number of benzene rings is 2. The van der Waals surface area contributed by atoms with E-state index in [1.165, 1.54) is 0 Å². The number of nitrogens with one attached hydrogen (secondary N) is 2. The van der Waals surface area contributed by atoms with Crippen LogP contribution in [0.3, 0.4) is 0 Å². The zero-order chi connectivity index (χ0) is 20.5. The standard InChI is InChI=1S/C22H26N4O3/c1-23-22(24-12-11-17-13-19(27-2)9-10-20(17)28-3)25-14-18-15-29-21(26-18)16-7-5-4-6-8-16/h4-10,13,15H,11-12,14H2,1-3H3,(H2,23,24,25). The highest BCUT2D eigenvalue weighted by Gasteiger charge is 2.08. The Morgan fingerprint density at radius 1 is 1.07 bits per heavy atom. The maximum Gasteiger partial charge on any atom is 0.226 e. The number of ether oxygens (including phenoxy) is 2. The van der Waals surface area contributed by atoms with Crippen molar-refractivity contribution in [3.05, 3.63) is 66.1 Å². The molecule has 0 aliphatic heterocycles. The molecule has 0 amide bonds. The quantitative estimate of drug-likeness (QED) is 0.451. The smallest absolute Gasteiger partial charge is 0.226 e. The molecule has 0 spiro atoms. The monoisotopic (exact) mass is 394 g/mol. The van der Waals surface area contributed by atoms with Crippen LogP contribution in [0.1, 0.15) is 11.3 Å². The number of aliphatic imine (C=N–C) groups is 1. The van der Waals surface area contributed by atoms with Gasteiger partial charge in [0, 0.05) is 19.2 Å². The van der Waals surface area contributed by atoms with Crippen LogP contribution in [0.15, 0.2) is 64.2 Å². The third kappa shape index (κ3) is 5.51. The molecular weight excluding hydrogens is 368 g/mol. The molecule has 0 unspecified atom stereocenters. The van der Waals surface area contributed by atoms with Gasteiger partial charge in [-0.1, -0.05) is 18.2 Å². The zero-order valence-corrected chi connectivity index (χ0v) is 16.9. The van der Waals surface area contributed by atoms with Gasteiger partial charge in [0.1, 0.15) is 17.8 Å². The molecule has 152 valence electrons. The molecule has 0 fully saturated rings. The van der Waals surface area contributed by atoms with Gasteiger partial charge in [0.25, 0.3) is 0 Å². The van der Waals surface area contributed by atoms with Crippen LogP contribution in [0.5, 0.6) is 11.5 Å². The molecule has 0 atom stereocenters. The molecule has 0 saturated heterocycles. The van der Waals surface area contributed by atoms with Crippen LogP contribution < -0.4 is 20.1 Å². The van der Waals surface area contributed by atoms with Crippen LogP contribution in [0.2, 0.25) is 0 Å². The summed E-state index contributed by atoms with van der Waals surface area (Å²) in [7, 11) is 5.06. The van der Waals surface area contributed by atoms with Gasteiger partial charge >= 0.3 is 0 Å². The Balaban J connectivity index is 1.51. The maximum absolute atomic E-state index is 5.57. The molecule has 29 heavy (non-hydrogen) atoms. The average Bonchev–Trinajstić information content (AvgIpc) is 3.25. The highest BCUT2D eigenvalue weighted by Crippen LogP contribution is 2.24. The van der Waals surface area contributed by atoms with Gasteiger partial charge in [-0.2, -0.15) is 0 Å². The number of aromatic nitrogens is 1. The van der Waals surface area contributed by atoms with Crippen LogP contribution in [-0.2, 0) is 13.0 Å². The number of rotatable bonds is 8. The fourth-order valence-electron chi connectivity index (χ4n) is 2.89. The minimum absolute atomic E-state index is 0.512. The van der Waals surface area contributed by atoms with Gasteiger partial charge in [0.2, 0.25) is 5.89 Å². The van der Waals surface area contributed by atoms with Crippen LogP contribution in [0, 0.1) is 0 Å². The second-order valence-corrected chi connectivity index (χ2v) is 6.29. The fraction of sp³-hybridized carbons (Fsp3) is 0.273. The predicted octanol–water partition coefficient (Wildman–Crippen LogP) is 3.27. The normalized spacial score (nSPS) is 11.2. The molecule has 3 aromatic rings. The van der Waals surface area contributed by atoms with Gasteiger partial charge in [-0.3, -0.25) is 4.99 Å². The highest BCUT2D eigenvalue weighted by molar-refractivity contribution is 5.79. The lowest BCUT2D eigenvalue weighted by Crippen LogP contribution is -2.37. The SMILES string of the molecule is CN=C(NCCc1cc(OC)ccc1OC)NCc1coc(-c2ccccc2)n1. The molecule has 2 aromatic carbocycles. The summed E-state index contributed by atoms with van der Waals surface area (Å²) in [6, 6.07) is 15.6. The lowest BCUT2D eigenvalue weighted by molar-refractivity contribution is 0.398. The van der Waals surface area contributed by atoms with Crippen LogP contribution in [-0.4, -0.2) is 38.8 Å². The van der Waals surface area contributed by atoms with E-state index >= 15 is 0 Å². The average molecular weight is 394 g/mol. The third-order valence-electron chi connectivity index (χ3n) is 4.41. The van der Waals surface area contributed by atoms with Gasteiger partial charge in [-0.15, -0.1) is 0 Å². The van der Waals surface area contributed by atoms with Crippen molar-refractivity contribution in [1.82, 2.24) is 15.6 Å². The Kier molecular flexibility index (Phi) is 7.10. The Hall–Kier alpha value is -3.48. The molecule has 0 bridgehead atoms. The van der Waals surface area contributed by atoms with Crippen molar-refractivity contribution in [2.75, 3.05) is 27.8 Å². The van der Waals surface area contributed by atoms with E-state index < -0.39 is 0 Å². The van der Waals surface area contributed by atoms with Crippen molar-refractivity contribution in [3.63, 3.8) is 0 Å². The first-order valence-electron chi connectivity index (χ1n) is 9.38. The van der Waals surface area contributed by atoms with E-state index in [0.717, 1.165) is 34.7 Å². The van der Waals surface area contributed by atoms with E-state index in [0.29, 0.717) is 24.9 Å². The predicted molar refractivity (Wildman–Crippen MR) is 113 cm³/mol. The summed E-state index contributed by atoms with van der Waals surface area (Å²) in [5, 5.41) is 6.55. The second kappa shape index (κ2) is 10.2. The number of hydrogen-bond acceptors (Lipinski definition) is 5. The van der Waals surface area contributed by atoms with Gasteiger partial charge in [0.15, 0.2) is 5.96 Å². The van der Waals surface area contributed by atoms with Crippen molar-refractivity contribution in [1.29, 1.82) is 0 Å². The van der Waals surface area contributed by atoms with Gasteiger partial charge in [-0.25, -0.2) is 4.98 Å². The van der Waals surface area contributed by atoms with Crippen molar-refractivity contribution < 1.29 is 13.9 Å². The Morgan fingerprint density at radius 3 is 2.62 bits per heavy atom. The molecule has 0 aliphatic carbocycles. The van der Waals surface area contributed by atoms with E-state index in [1.807, 2.05) is 48.5 Å². The maximum atomic E-state index is 5.57. The van der Waals surface area contributed by atoms with Crippen LogP contribution in [0.4, 0.5) is 0 Å². The minimum atomic E-state index is 0.512. The van der Waals surface area contributed by atoms with E-state index in [1.54, 1.807) is 27.5 Å². The largest absolute Gasteiger partial charge is 0.497 e. The van der Waals surface area contributed by atoms with Gasteiger partial charge in [-0.05, 0) is 42.3 Å². The summed E-state index contributed by atoms with van der Waals surface area (Å²) in [4.78, 5) is 8.77. The molecule has 1 aromatic heterocycles. The Labute approximate surface area is 170 Å². The number of methoxy groups -OCH3 is 2. The highest BCUT2D eigenvalue weighted by atomic mass is 16.5. The van der Waals surface area contributed by atoms with E-state index in [2.05, 4.69) is 20.6 Å². The molecule has 0 radical (unpaired) electrons. The molecule has 1 heterocycles. The summed E-state index contributed by atoms with van der Waals surface area (Å²) in [6.45, 7) is 1.20. The summed E-state index contributed by atoms with van der Waals surface area (Å²) >= 11 is 0. The van der Waals surface area contributed by atoms with Crippen LogP contribution >= 0.6 is 0 Å². The summed E-state index contributed by atoms with van der Waals surface area (Å²) in [6.07, 6.45) is 2.42. The first kappa shape index (κ1) is 20.3. The Morgan fingerprint density at radius 2 is 1.90 bits per heavy atom. The molecule has 7 heteroatoms. The topological polar surface area (TPSA) is 80.9 Å². The zero-order valence-electron chi connectivity index (χ0n) is 16.9. The molecule has 2 N–H and O–H groups in total.